The van der Waals surface area contributed by atoms with Gasteiger partial charge in [-0.25, -0.2) is 0 Å². The predicted molar refractivity (Wildman–Crippen MR) is 139 cm³/mol. The van der Waals surface area contributed by atoms with Crippen LogP contribution in [0.1, 0.15) is 11.1 Å². The van der Waals surface area contributed by atoms with E-state index >= 15 is 0 Å². The van der Waals surface area contributed by atoms with E-state index in [4.69, 9.17) is 0 Å². The van der Waals surface area contributed by atoms with Gasteiger partial charge in [-0.2, -0.15) is 30.9 Å². The largest absolute Gasteiger partial charge is 1.00 e. The molecule has 0 bridgehead atoms. The van der Waals surface area contributed by atoms with Crippen molar-refractivity contribution in [2.75, 3.05) is 0 Å². The standard InChI is InChI=1S/C29H18F6N3.BF3.FH/c30-28(31,32)23-5-1-20(2-6-23)26-17-22(19-9-13-36-14-10-19)18-27(38(26)25-11-15-37-16-12-25)21-3-7-24(8-4-21)29(33,34)35;2-1(3)4;/h1-18H;;1H/q+1;;/p-1. The van der Waals surface area contributed by atoms with E-state index in [0.29, 0.717) is 33.8 Å². The maximum absolute atomic E-state index is 13.3. The molecule has 222 valence electrons. The predicted octanol–water partition coefficient (Wildman–Crippen LogP) is 5.68. The van der Waals surface area contributed by atoms with Gasteiger partial charge in [-0.1, -0.05) is 0 Å². The fourth-order valence-corrected chi connectivity index (χ4v) is 4.16. The van der Waals surface area contributed by atoms with Crippen LogP contribution in [0.15, 0.2) is 110 Å². The average Bonchev–Trinajstić information content (AvgIpc) is 2.96. The summed E-state index contributed by atoms with van der Waals surface area (Å²) < 4.78 is 110. The van der Waals surface area contributed by atoms with Gasteiger partial charge in [0.05, 0.1) is 11.1 Å². The van der Waals surface area contributed by atoms with Crippen molar-refractivity contribution in [1.82, 2.24) is 9.97 Å². The Hall–Kier alpha value is -4.75. The molecule has 0 fully saturated rings. The second-order valence-corrected chi connectivity index (χ2v) is 8.69. The molecular weight excluding hydrogens is 591 g/mol. The van der Waals surface area contributed by atoms with E-state index in [1.165, 1.54) is 24.3 Å². The summed E-state index contributed by atoms with van der Waals surface area (Å²) in [5.41, 5.74) is 2.59. The molecule has 3 aromatic heterocycles. The highest BCUT2D eigenvalue weighted by atomic mass is 19.4. The minimum atomic E-state index is -4.50. The molecule has 0 saturated heterocycles. The Morgan fingerprint density at radius 1 is 0.488 bits per heavy atom. The first-order valence-electron chi connectivity index (χ1n) is 12.0. The minimum Gasteiger partial charge on any atom is -1.00 e. The summed E-state index contributed by atoms with van der Waals surface area (Å²) >= 11 is 0. The molecule has 0 radical (unpaired) electrons. The Kier molecular flexibility index (Phi) is 10.3. The zero-order chi connectivity index (χ0) is 30.5. The molecule has 5 aromatic rings. The molecule has 3 nitrogen and oxygen atoms in total. The number of halogens is 10. The monoisotopic (exact) mass is 609 g/mol. The number of nitrogens with zero attached hydrogens (tertiary/aromatic N) is 3. The van der Waals surface area contributed by atoms with E-state index in [9.17, 15) is 39.3 Å². The first-order chi connectivity index (χ1) is 19.8. The third kappa shape index (κ3) is 8.18. The Morgan fingerprint density at radius 3 is 1.19 bits per heavy atom. The summed E-state index contributed by atoms with van der Waals surface area (Å²) in [7, 11) is -3.67. The summed E-state index contributed by atoms with van der Waals surface area (Å²) in [6.45, 7) is 0. The number of rotatable bonds is 4. The van der Waals surface area contributed by atoms with Crippen molar-refractivity contribution in [3.8, 4) is 39.3 Å². The van der Waals surface area contributed by atoms with Crippen LogP contribution in [0.4, 0.5) is 39.3 Å². The summed E-state index contributed by atoms with van der Waals surface area (Å²) in [6.07, 6.45) is -2.66. The highest BCUT2D eigenvalue weighted by molar-refractivity contribution is 6.33. The molecule has 0 aliphatic rings. The van der Waals surface area contributed by atoms with Gasteiger partial charge in [-0.3, -0.25) is 22.9 Å². The van der Waals surface area contributed by atoms with E-state index in [1.54, 1.807) is 53.6 Å². The Balaban J connectivity index is 0.000000954. The van der Waals surface area contributed by atoms with Gasteiger partial charge < -0.3 is 4.70 Å². The number of benzene rings is 2. The number of hydrogen-bond donors (Lipinski definition) is 0. The zero-order valence-electron chi connectivity index (χ0n) is 21.6. The van der Waals surface area contributed by atoms with Crippen LogP contribution in [0.2, 0.25) is 0 Å². The first kappa shape index (κ1) is 32.8. The quantitative estimate of drug-likeness (QED) is 0.149. The normalized spacial score (nSPS) is 11.2. The molecule has 0 aliphatic carbocycles. The van der Waals surface area contributed by atoms with Gasteiger partial charge in [0.1, 0.15) is 0 Å². The third-order valence-electron chi connectivity index (χ3n) is 6.02. The summed E-state index contributed by atoms with van der Waals surface area (Å²) in [6, 6.07) is 20.2. The Bertz CT molecular complexity index is 1530. The SMILES string of the molecule is FB(F)F.FC(F)(F)c1ccc(-c2cc(-c3ccncc3)cc(-c3ccc(C(F)(F)F)cc3)[n+]2-c2ccncc2)cc1.[F-]. The van der Waals surface area contributed by atoms with E-state index in [0.717, 1.165) is 29.8 Å². The highest BCUT2D eigenvalue weighted by Gasteiger charge is 2.32. The Labute approximate surface area is 238 Å². The second kappa shape index (κ2) is 13.5. The molecule has 5 rings (SSSR count). The van der Waals surface area contributed by atoms with E-state index < -0.39 is 31.0 Å². The number of aromatic nitrogens is 3. The lowest BCUT2D eigenvalue weighted by Crippen LogP contribution is -3.00. The van der Waals surface area contributed by atoms with Crippen molar-refractivity contribution in [2.24, 2.45) is 0 Å². The lowest BCUT2D eigenvalue weighted by atomic mass is 9.98. The van der Waals surface area contributed by atoms with Gasteiger partial charge in [-0.15, -0.1) is 0 Å². The van der Waals surface area contributed by atoms with Crippen LogP contribution in [-0.4, -0.2) is 17.5 Å². The maximum atomic E-state index is 13.3. The van der Waals surface area contributed by atoms with Gasteiger partial charge in [-0.05, 0) is 71.8 Å². The van der Waals surface area contributed by atoms with Crippen LogP contribution in [-0.2, 0) is 12.4 Å². The number of alkyl halides is 6. The lowest BCUT2D eigenvalue weighted by Gasteiger charge is -2.14. The molecule has 0 aliphatic heterocycles. The molecule has 43 heavy (non-hydrogen) atoms. The highest BCUT2D eigenvalue weighted by Crippen LogP contribution is 2.35. The second-order valence-electron chi connectivity index (χ2n) is 8.69. The summed E-state index contributed by atoms with van der Waals surface area (Å²) in [5, 5.41) is 0. The molecule has 0 amide bonds. The van der Waals surface area contributed by atoms with Crippen molar-refractivity contribution < 1.29 is 48.6 Å². The van der Waals surface area contributed by atoms with Crippen LogP contribution < -0.4 is 9.27 Å². The van der Waals surface area contributed by atoms with Crippen LogP contribution in [0.3, 0.4) is 0 Å². The summed E-state index contributed by atoms with van der Waals surface area (Å²) in [5.74, 6) is 0. The molecule has 14 heteroatoms. The molecule has 0 spiro atoms. The fourth-order valence-electron chi connectivity index (χ4n) is 4.16. The number of pyridine rings is 3. The molecule has 0 N–H and O–H groups in total. The molecule has 0 saturated carbocycles. The van der Waals surface area contributed by atoms with E-state index in [2.05, 4.69) is 9.97 Å². The number of hydrogen-bond acceptors (Lipinski definition) is 2. The smallest absolute Gasteiger partial charge is 0.762 e. The topological polar surface area (TPSA) is 29.7 Å². The molecule has 0 unspecified atom stereocenters. The van der Waals surface area contributed by atoms with Crippen molar-refractivity contribution in [1.29, 1.82) is 0 Å². The first-order valence-corrected chi connectivity index (χ1v) is 12.0. The van der Waals surface area contributed by atoms with E-state index in [-0.39, 0.29) is 4.70 Å². The van der Waals surface area contributed by atoms with Gasteiger partial charge in [0.15, 0.2) is 0 Å². The van der Waals surface area contributed by atoms with Crippen molar-refractivity contribution >= 4 is 7.54 Å². The van der Waals surface area contributed by atoms with Gasteiger partial charge >= 0.3 is 19.9 Å². The van der Waals surface area contributed by atoms with Crippen LogP contribution >= 0.6 is 0 Å². The molecular formula is C29H18BF10N3. The van der Waals surface area contributed by atoms with Crippen molar-refractivity contribution in [2.45, 2.75) is 12.4 Å². The lowest BCUT2D eigenvalue weighted by molar-refractivity contribution is -0.572. The minimum absolute atomic E-state index is 0. The van der Waals surface area contributed by atoms with Gasteiger partial charge in [0.2, 0.25) is 17.1 Å². The molecule has 0 atom stereocenters. The molecule has 3 heterocycles. The van der Waals surface area contributed by atoms with Crippen molar-refractivity contribution in [3.63, 3.8) is 0 Å². The van der Waals surface area contributed by atoms with Gasteiger partial charge in [0, 0.05) is 60.2 Å². The summed E-state index contributed by atoms with van der Waals surface area (Å²) in [4.78, 5) is 8.09. The van der Waals surface area contributed by atoms with Gasteiger partial charge in [0.25, 0.3) is 0 Å². The Morgan fingerprint density at radius 2 is 0.837 bits per heavy atom. The fraction of sp³-hybridized carbons (Fsp3) is 0.0690. The van der Waals surface area contributed by atoms with Crippen LogP contribution in [0.25, 0.3) is 39.3 Å². The molecule has 2 aromatic carbocycles. The average molecular weight is 609 g/mol. The van der Waals surface area contributed by atoms with Crippen LogP contribution in [0, 0.1) is 0 Å². The van der Waals surface area contributed by atoms with Crippen molar-refractivity contribution in [3.05, 3.63) is 121 Å². The maximum Gasteiger partial charge on any atom is 0.762 e. The zero-order valence-corrected chi connectivity index (χ0v) is 21.6. The van der Waals surface area contributed by atoms with Crippen LogP contribution in [0.5, 0.6) is 0 Å². The van der Waals surface area contributed by atoms with E-state index in [1.807, 2.05) is 12.1 Å². The third-order valence-corrected chi connectivity index (χ3v) is 6.02.